The number of hydrogen-bond donors (Lipinski definition) is 1. The highest BCUT2D eigenvalue weighted by molar-refractivity contribution is 5.68. The number of alkyl halides is 3. The number of aryl methyl sites for hydroxylation is 1. The second-order valence-electron chi connectivity index (χ2n) is 4.43. The van der Waals surface area contributed by atoms with Crippen molar-refractivity contribution in [1.29, 1.82) is 0 Å². The molecule has 0 amide bonds. The van der Waals surface area contributed by atoms with Crippen LogP contribution >= 0.6 is 0 Å². The SMILES string of the molecule is Cc1cc(CN)ccc1-c1cccc(C(F)(F)F)c1. The Hall–Kier alpha value is -1.81. The van der Waals surface area contributed by atoms with Gasteiger partial charge in [0.25, 0.3) is 0 Å². The number of benzene rings is 2. The zero-order valence-electron chi connectivity index (χ0n) is 10.5. The van der Waals surface area contributed by atoms with Gasteiger partial charge in [-0.2, -0.15) is 13.2 Å². The first kappa shape index (κ1) is 13.6. The number of hydrogen-bond acceptors (Lipinski definition) is 1. The van der Waals surface area contributed by atoms with Crippen LogP contribution in [0.2, 0.25) is 0 Å². The summed E-state index contributed by atoms with van der Waals surface area (Å²) in [5, 5.41) is 0. The van der Waals surface area contributed by atoms with Crippen LogP contribution in [0.5, 0.6) is 0 Å². The van der Waals surface area contributed by atoms with Gasteiger partial charge in [-0.05, 0) is 41.3 Å². The Morgan fingerprint density at radius 2 is 1.79 bits per heavy atom. The van der Waals surface area contributed by atoms with Gasteiger partial charge in [-0.1, -0.05) is 30.3 Å². The average molecular weight is 265 g/mol. The van der Waals surface area contributed by atoms with Crippen LogP contribution < -0.4 is 5.73 Å². The van der Waals surface area contributed by atoms with E-state index >= 15 is 0 Å². The van der Waals surface area contributed by atoms with E-state index in [2.05, 4.69) is 0 Å². The van der Waals surface area contributed by atoms with E-state index in [0.717, 1.165) is 22.8 Å². The fourth-order valence-corrected chi connectivity index (χ4v) is 2.04. The van der Waals surface area contributed by atoms with Gasteiger partial charge in [-0.15, -0.1) is 0 Å². The highest BCUT2D eigenvalue weighted by atomic mass is 19.4. The molecule has 2 N–H and O–H groups in total. The van der Waals surface area contributed by atoms with E-state index in [1.54, 1.807) is 6.07 Å². The topological polar surface area (TPSA) is 26.0 Å². The molecule has 2 aromatic rings. The minimum Gasteiger partial charge on any atom is -0.326 e. The van der Waals surface area contributed by atoms with Crippen molar-refractivity contribution in [3.63, 3.8) is 0 Å². The largest absolute Gasteiger partial charge is 0.416 e. The molecule has 0 heterocycles. The fraction of sp³-hybridized carbons (Fsp3) is 0.200. The number of nitrogens with two attached hydrogens (primary N) is 1. The molecule has 1 nitrogen and oxygen atoms in total. The van der Waals surface area contributed by atoms with Crippen molar-refractivity contribution in [3.8, 4) is 11.1 Å². The summed E-state index contributed by atoms with van der Waals surface area (Å²) in [7, 11) is 0. The summed E-state index contributed by atoms with van der Waals surface area (Å²) in [6, 6.07) is 10.9. The lowest BCUT2D eigenvalue weighted by atomic mass is 9.97. The normalized spacial score (nSPS) is 11.6. The third-order valence-electron chi connectivity index (χ3n) is 3.03. The van der Waals surface area contributed by atoms with Crippen LogP contribution in [0.3, 0.4) is 0 Å². The van der Waals surface area contributed by atoms with Gasteiger partial charge in [-0.3, -0.25) is 0 Å². The Balaban J connectivity index is 2.48. The number of rotatable bonds is 2. The van der Waals surface area contributed by atoms with Gasteiger partial charge < -0.3 is 5.73 Å². The Morgan fingerprint density at radius 1 is 1.05 bits per heavy atom. The molecule has 0 aliphatic rings. The molecular weight excluding hydrogens is 251 g/mol. The lowest BCUT2D eigenvalue weighted by Crippen LogP contribution is -2.04. The zero-order valence-corrected chi connectivity index (χ0v) is 10.5. The maximum absolute atomic E-state index is 12.7. The molecule has 0 bridgehead atoms. The van der Waals surface area contributed by atoms with Gasteiger partial charge >= 0.3 is 6.18 Å². The second-order valence-corrected chi connectivity index (χ2v) is 4.43. The maximum atomic E-state index is 12.7. The molecule has 0 aromatic heterocycles. The van der Waals surface area contributed by atoms with Crippen LogP contribution in [0, 0.1) is 6.92 Å². The van der Waals surface area contributed by atoms with Crippen molar-refractivity contribution in [2.45, 2.75) is 19.6 Å². The smallest absolute Gasteiger partial charge is 0.326 e. The third-order valence-corrected chi connectivity index (χ3v) is 3.03. The quantitative estimate of drug-likeness (QED) is 0.867. The molecule has 0 aliphatic heterocycles. The first-order valence-corrected chi connectivity index (χ1v) is 5.89. The van der Waals surface area contributed by atoms with Crippen molar-refractivity contribution in [1.82, 2.24) is 0 Å². The molecule has 0 saturated carbocycles. The summed E-state index contributed by atoms with van der Waals surface area (Å²) in [4.78, 5) is 0. The molecule has 0 saturated heterocycles. The monoisotopic (exact) mass is 265 g/mol. The van der Waals surface area contributed by atoms with Crippen LogP contribution in [-0.2, 0) is 12.7 Å². The van der Waals surface area contributed by atoms with Crippen LogP contribution in [0.25, 0.3) is 11.1 Å². The Morgan fingerprint density at radius 3 is 2.37 bits per heavy atom. The average Bonchev–Trinajstić information content (AvgIpc) is 2.37. The molecule has 0 radical (unpaired) electrons. The van der Waals surface area contributed by atoms with E-state index in [-0.39, 0.29) is 0 Å². The van der Waals surface area contributed by atoms with E-state index in [1.165, 1.54) is 12.1 Å². The van der Waals surface area contributed by atoms with Crippen molar-refractivity contribution in [3.05, 3.63) is 59.2 Å². The predicted molar refractivity (Wildman–Crippen MR) is 69.5 cm³/mol. The molecule has 4 heteroatoms. The standard InChI is InChI=1S/C15H14F3N/c1-10-7-11(9-19)5-6-14(10)12-3-2-4-13(8-12)15(16,17)18/h2-8H,9,19H2,1H3. The minimum atomic E-state index is -4.32. The van der Waals surface area contributed by atoms with Crippen molar-refractivity contribution >= 4 is 0 Å². The van der Waals surface area contributed by atoms with Gasteiger partial charge in [0.1, 0.15) is 0 Å². The maximum Gasteiger partial charge on any atom is 0.416 e. The summed E-state index contributed by atoms with van der Waals surface area (Å²) >= 11 is 0. The summed E-state index contributed by atoms with van der Waals surface area (Å²) in [5.41, 5.74) is 8.15. The molecule has 2 aromatic carbocycles. The van der Waals surface area contributed by atoms with Crippen LogP contribution in [0.1, 0.15) is 16.7 Å². The highest BCUT2D eigenvalue weighted by Gasteiger charge is 2.30. The van der Waals surface area contributed by atoms with Crippen molar-refractivity contribution in [2.75, 3.05) is 0 Å². The summed E-state index contributed by atoms with van der Waals surface area (Å²) in [5.74, 6) is 0. The van der Waals surface area contributed by atoms with Crippen molar-refractivity contribution in [2.24, 2.45) is 5.73 Å². The molecule has 0 unspecified atom stereocenters. The third kappa shape index (κ3) is 2.96. The first-order valence-electron chi connectivity index (χ1n) is 5.89. The fourth-order valence-electron chi connectivity index (χ4n) is 2.04. The molecule has 0 aliphatic carbocycles. The second kappa shape index (κ2) is 5.05. The van der Waals surface area contributed by atoms with Crippen LogP contribution in [-0.4, -0.2) is 0 Å². The predicted octanol–water partition coefficient (Wildman–Crippen LogP) is 4.14. The van der Waals surface area contributed by atoms with Gasteiger partial charge in [0, 0.05) is 6.54 Å². The summed E-state index contributed by atoms with van der Waals surface area (Å²) < 4.78 is 38.1. The van der Waals surface area contributed by atoms with Crippen LogP contribution in [0.15, 0.2) is 42.5 Å². The Bertz CT molecular complexity index is 588. The Kier molecular flexibility index (Phi) is 3.62. The first-order chi connectivity index (χ1) is 8.91. The zero-order chi connectivity index (χ0) is 14.0. The van der Waals surface area contributed by atoms with Crippen molar-refractivity contribution < 1.29 is 13.2 Å². The molecule has 2 rings (SSSR count). The summed E-state index contributed by atoms with van der Waals surface area (Å²) in [6.45, 7) is 2.29. The molecular formula is C15H14F3N. The minimum absolute atomic E-state index is 0.420. The lowest BCUT2D eigenvalue weighted by Gasteiger charge is -2.11. The van der Waals surface area contributed by atoms with E-state index < -0.39 is 11.7 Å². The van der Waals surface area contributed by atoms with Gasteiger partial charge in [-0.25, -0.2) is 0 Å². The Labute approximate surface area is 109 Å². The van der Waals surface area contributed by atoms with E-state index in [0.29, 0.717) is 12.1 Å². The molecule has 19 heavy (non-hydrogen) atoms. The highest BCUT2D eigenvalue weighted by Crippen LogP contribution is 2.33. The molecule has 100 valence electrons. The summed E-state index contributed by atoms with van der Waals surface area (Å²) in [6.07, 6.45) is -4.32. The van der Waals surface area contributed by atoms with Gasteiger partial charge in [0.15, 0.2) is 0 Å². The number of halogens is 3. The van der Waals surface area contributed by atoms with Gasteiger partial charge in [0.05, 0.1) is 5.56 Å². The molecule has 0 spiro atoms. The van der Waals surface area contributed by atoms with E-state index in [9.17, 15) is 13.2 Å². The van der Waals surface area contributed by atoms with Gasteiger partial charge in [0.2, 0.25) is 0 Å². The van der Waals surface area contributed by atoms with E-state index in [1.807, 2.05) is 25.1 Å². The lowest BCUT2D eigenvalue weighted by molar-refractivity contribution is -0.137. The van der Waals surface area contributed by atoms with Crippen LogP contribution in [0.4, 0.5) is 13.2 Å². The van der Waals surface area contributed by atoms with E-state index in [4.69, 9.17) is 5.73 Å². The molecule has 0 atom stereocenters. The molecule has 0 fully saturated rings.